The molecule has 1 saturated heterocycles. The maximum absolute atomic E-state index is 12.5. The van der Waals surface area contributed by atoms with Crippen molar-refractivity contribution in [1.29, 1.82) is 0 Å². The fraction of sp³-hybridized carbons (Fsp3) is 0.450. The van der Waals surface area contributed by atoms with Crippen LogP contribution in [0.15, 0.2) is 41.8 Å². The molecule has 1 aliphatic heterocycles. The van der Waals surface area contributed by atoms with Crippen molar-refractivity contribution in [3.8, 4) is 0 Å². The minimum atomic E-state index is -0.518. The van der Waals surface area contributed by atoms with Crippen LogP contribution >= 0.6 is 0 Å². The van der Waals surface area contributed by atoms with Crippen LogP contribution in [-0.4, -0.2) is 71.8 Å². The average Bonchev–Trinajstić information content (AvgIpc) is 3.17. The first kappa shape index (κ1) is 20.2. The molecule has 0 aromatic carbocycles. The van der Waals surface area contributed by atoms with E-state index in [-0.39, 0.29) is 17.2 Å². The van der Waals surface area contributed by atoms with Crippen LogP contribution in [0.25, 0.3) is 5.78 Å². The Morgan fingerprint density at radius 2 is 2.20 bits per heavy atom. The van der Waals surface area contributed by atoms with Gasteiger partial charge in [0, 0.05) is 44.8 Å². The number of β-amino-alcohol motifs (C(OH)–C–C–N with tert-alkyl or cyclic N) is 1. The summed E-state index contributed by atoms with van der Waals surface area (Å²) >= 11 is 0. The van der Waals surface area contributed by atoms with Gasteiger partial charge in [0.25, 0.3) is 17.2 Å². The van der Waals surface area contributed by atoms with Crippen molar-refractivity contribution in [2.45, 2.75) is 31.4 Å². The molecule has 0 spiro atoms. The number of fused-ring (bicyclic) bond motifs is 1. The highest BCUT2D eigenvalue weighted by molar-refractivity contribution is 5.94. The third-order valence-electron chi connectivity index (χ3n) is 5.34. The molecule has 0 radical (unpaired) electrons. The highest BCUT2D eigenvalue weighted by atomic mass is 16.3. The van der Waals surface area contributed by atoms with Crippen LogP contribution in [0, 0.1) is 0 Å². The summed E-state index contributed by atoms with van der Waals surface area (Å²) in [4.78, 5) is 35.1. The number of nitrogens with zero attached hydrogens (tertiary/aromatic N) is 6. The molecular weight excluding hydrogens is 386 g/mol. The summed E-state index contributed by atoms with van der Waals surface area (Å²) in [5.41, 5.74) is 0.846. The van der Waals surface area contributed by atoms with E-state index in [2.05, 4.69) is 25.3 Å². The van der Waals surface area contributed by atoms with Crippen LogP contribution in [0.1, 0.15) is 28.8 Å². The summed E-state index contributed by atoms with van der Waals surface area (Å²) in [7, 11) is 1.61. The van der Waals surface area contributed by atoms with Crippen molar-refractivity contribution in [3.63, 3.8) is 0 Å². The van der Waals surface area contributed by atoms with E-state index in [4.69, 9.17) is 0 Å². The van der Waals surface area contributed by atoms with E-state index in [0.29, 0.717) is 25.3 Å². The maximum Gasteiger partial charge on any atom is 0.263 e. The van der Waals surface area contributed by atoms with Gasteiger partial charge in [-0.1, -0.05) is 0 Å². The van der Waals surface area contributed by atoms with Crippen molar-refractivity contribution < 1.29 is 9.90 Å². The van der Waals surface area contributed by atoms with Gasteiger partial charge in [-0.15, -0.1) is 0 Å². The zero-order valence-electron chi connectivity index (χ0n) is 16.8. The minimum absolute atomic E-state index is 0.114. The number of piperidine rings is 1. The van der Waals surface area contributed by atoms with Gasteiger partial charge in [0.05, 0.1) is 6.10 Å². The molecule has 0 saturated carbocycles. The van der Waals surface area contributed by atoms with E-state index in [0.717, 1.165) is 24.9 Å². The Hall–Kier alpha value is -3.11. The Morgan fingerprint density at radius 3 is 3.07 bits per heavy atom. The number of carbonyl (C=O) groups is 1. The molecule has 4 rings (SSSR count). The number of aliphatic hydroxyl groups excluding tert-OH is 1. The lowest BCUT2D eigenvalue weighted by atomic mass is 10.0. The van der Waals surface area contributed by atoms with Gasteiger partial charge in [-0.2, -0.15) is 10.1 Å². The second kappa shape index (κ2) is 8.72. The molecule has 0 bridgehead atoms. The number of aromatic nitrogens is 5. The lowest BCUT2D eigenvalue weighted by Gasteiger charge is -2.36. The number of rotatable bonds is 6. The van der Waals surface area contributed by atoms with Crippen LogP contribution in [-0.2, 0) is 13.5 Å². The highest BCUT2D eigenvalue weighted by Crippen LogP contribution is 2.13. The fourth-order valence-corrected chi connectivity index (χ4v) is 3.88. The first-order valence-electron chi connectivity index (χ1n) is 10.0. The third kappa shape index (κ3) is 4.55. The quantitative estimate of drug-likeness (QED) is 0.568. The molecule has 10 nitrogen and oxygen atoms in total. The summed E-state index contributed by atoms with van der Waals surface area (Å²) in [5.74, 6) is 0.173. The predicted octanol–water partition coefficient (Wildman–Crippen LogP) is -0.379. The summed E-state index contributed by atoms with van der Waals surface area (Å²) in [6.07, 6.45) is 8.48. The molecule has 10 heteroatoms. The first-order valence-corrected chi connectivity index (χ1v) is 10.0. The zero-order chi connectivity index (χ0) is 21.1. The van der Waals surface area contributed by atoms with E-state index in [9.17, 15) is 14.7 Å². The number of likely N-dealkylation sites (tertiary alicyclic amines) is 1. The van der Waals surface area contributed by atoms with Crippen LogP contribution in [0.3, 0.4) is 0 Å². The Bertz CT molecular complexity index is 1090. The second-order valence-corrected chi connectivity index (χ2v) is 7.73. The van der Waals surface area contributed by atoms with Crippen molar-refractivity contribution >= 4 is 11.7 Å². The van der Waals surface area contributed by atoms with Crippen molar-refractivity contribution in [2.75, 3.05) is 19.6 Å². The highest BCUT2D eigenvalue weighted by Gasteiger charge is 2.27. The van der Waals surface area contributed by atoms with E-state index >= 15 is 0 Å². The number of nitrogens with one attached hydrogen (secondary N) is 1. The Balaban J connectivity index is 1.32. The lowest BCUT2D eigenvalue weighted by molar-refractivity contribution is 0.0488. The SMILES string of the molecule is Cn1cccc(C(=O)N[C@H]2C[C@@H](O)CN(CCCc3cnc4ncnn4c3)C2)c1=O. The number of aliphatic hydroxyl groups is 1. The van der Waals surface area contributed by atoms with Crippen molar-refractivity contribution in [3.05, 3.63) is 58.5 Å². The molecule has 2 N–H and O–H groups in total. The second-order valence-electron chi connectivity index (χ2n) is 7.73. The number of carbonyl (C=O) groups excluding carboxylic acids is 1. The van der Waals surface area contributed by atoms with Gasteiger partial charge < -0.3 is 15.0 Å². The fourth-order valence-electron chi connectivity index (χ4n) is 3.88. The molecule has 0 unspecified atom stereocenters. The van der Waals surface area contributed by atoms with Gasteiger partial charge in [0.2, 0.25) is 0 Å². The van der Waals surface area contributed by atoms with Crippen LogP contribution < -0.4 is 10.9 Å². The molecule has 30 heavy (non-hydrogen) atoms. The van der Waals surface area contributed by atoms with Gasteiger partial charge >= 0.3 is 0 Å². The van der Waals surface area contributed by atoms with Crippen molar-refractivity contribution in [2.24, 2.45) is 7.05 Å². The maximum atomic E-state index is 12.5. The standard InChI is InChI=1S/C20H25N7O3/c1-25-6-3-5-17(19(25)30)18(29)24-15-8-16(28)12-26(11-15)7-2-4-14-9-21-20-22-13-23-27(20)10-14/h3,5-6,9-10,13,15-16,28H,2,4,7-8,11-12H2,1H3,(H,24,29)/t15-,16+/m0/s1. The Labute approximate surface area is 173 Å². The Morgan fingerprint density at radius 1 is 1.33 bits per heavy atom. The largest absolute Gasteiger partial charge is 0.392 e. The molecule has 0 aliphatic carbocycles. The first-order chi connectivity index (χ1) is 14.5. The van der Waals surface area contributed by atoms with Crippen LogP contribution in [0.2, 0.25) is 0 Å². The summed E-state index contributed by atoms with van der Waals surface area (Å²) in [6, 6.07) is 2.98. The lowest BCUT2D eigenvalue weighted by Crippen LogP contribution is -2.53. The van der Waals surface area contributed by atoms with Gasteiger partial charge in [0.1, 0.15) is 11.9 Å². The zero-order valence-corrected chi connectivity index (χ0v) is 16.8. The summed E-state index contributed by atoms with van der Waals surface area (Å²) < 4.78 is 3.03. The van der Waals surface area contributed by atoms with Crippen LogP contribution in [0.5, 0.6) is 0 Å². The monoisotopic (exact) mass is 411 g/mol. The smallest absolute Gasteiger partial charge is 0.263 e. The molecule has 2 atom stereocenters. The van der Waals surface area contributed by atoms with Gasteiger partial charge in [-0.05, 0) is 43.5 Å². The van der Waals surface area contributed by atoms with Crippen LogP contribution in [0.4, 0.5) is 0 Å². The third-order valence-corrected chi connectivity index (χ3v) is 5.34. The topological polar surface area (TPSA) is 118 Å². The molecule has 158 valence electrons. The molecule has 1 aliphatic rings. The number of hydrogen-bond donors (Lipinski definition) is 2. The number of aryl methyl sites for hydroxylation is 2. The summed E-state index contributed by atoms with van der Waals surface area (Å²) in [5, 5.41) is 17.3. The molecule has 1 fully saturated rings. The molecule has 1 amide bonds. The Kier molecular flexibility index (Phi) is 5.86. The van der Waals surface area contributed by atoms with E-state index in [1.54, 1.807) is 30.0 Å². The predicted molar refractivity (Wildman–Crippen MR) is 109 cm³/mol. The number of hydrogen-bond acceptors (Lipinski definition) is 7. The summed E-state index contributed by atoms with van der Waals surface area (Å²) in [6.45, 7) is 1.99. The molecular formula is C20H25N7O3. The van der Waals surface area contributed by atoms with E-state index in [1.807, 2.05) is 6.20 Å². The average molecular weight is 411 g/mol. The normalized spacial score (nSPS) is 19.8. The van der Waals surface area contributed by atoms with E-state index in [1.165, 1.54) is 17.0 Å². The number of amides is 1. The van der Waals surface area contributed by atoms with Gasteiger partial charge in [-0.25, -0.2) is 9.50 Å². The van der Waals surface area contributed by atoms with Gasteiger partial charge in [-0.3, -0.25) is 14.5 Å². The number of pyridine rings is 1. The van der Waals surface area contributed by atoms with E-state index < -0.39 is 12.0 Å². The van der Waals surface area contributed by atoms with Gasteiger partial charge in [0.15, 0.2) is 0 Å². The molecule has 3 aromatic rings. The van der Waals surface area contributed by atoms with Crippen molar-refractivity contribution in [1.82, 2.24) is 34.4 Å². The molecule has 3 aromatic heterocycles. The minimum Gasteiger partial charge on any atom is -0.392 e. The molecule has 4 heterocycles.